The summed E-state index contributed by atoms with van der Waals surface area (Å²) in [7, 11) is 0. The van der Waals surface area contributed by atoms with Gasteiger partial charge in [0.15, 0.2) is 17.9 Å². The van der Waals surface area contributed by atoms with Gasteiger partial charge in [-0.3, -0.25) is 9.59 Å². The standard InChI is InChI=1S/C10H5BrFNO2/c11-3-9(15)7-2-1-6(5-14)10(12)8(7)4-13/h1-2,5H,3H2. The molecule has 0 amide bonds. The molecule has 1 aromatic carbocycles. The molecule has 5 heteroatoms. The number of aldehydes is 1. The number of ketones is 1. The molecule has 0 aliphatic rings. The van der Waals surface area contributed by atoms with Crippen molar-refractivity contribution >= 4 is 28.0 Å². The van der Waals surface area contributed by atoms with Gasteiger partial charge in [0.25, 0.3) is 0 Å². The predicted octanol–water partition coefficient (Wildman–Crippen LogP) is 2.09. The van der Waals surface area contributed by atoms with Crippen LogP contribution >= 0.6 is 15.9 Å². The first-order valence-corrected chi connectivity index (χ1v) is 5.04. The number of halogens is 2. The SMILES string of the molecule is N#Cc1c(C(=O)CBr)ccc(C=O)c1F. The maximum absolute atomic E-state index is 13.4. The molecule has 0 aliphatic carbocycles. The van der Waals surface area contributed by atoms with E-state index in [9.17, 15) is 14.0 Å². The number of alkyl halides is 1. The highest BCUT2D eigenvalue weighted by Crippen LogP contribution is 2.17. The summed E-state index contributed by atoms with van der Waals surface area (Å²) < 4.78 is 13.4. The molecular formula is C10H5BrFNO2. The van der Waals surface area contributed by atoms with Gasteiger partial charge in [-0.2, -0.15) is 5.26 Å². The Kier molecular flexibility index (Phi) is 3.69. The lowest BCUT2D eigenvalue weighted by atomic mass is 10.0. The van der Waals surface area contributed by atoms with Crippen LogP contribution in [0.2, 0.25) is 0 Å². The second-order valence-corrected chi connectivity index (χ2v) is 3.24. The monoisotopic (exact) mass is 269 g/mol. The summed E-state index contributed by atoms with van der Waals surface area (Å²) in [5.74, 6) is -1.35. The summed E-state index contributed by atoms with van der Waals surface area (Å²) in [6.07, 6.45) is 0.304. The average Bonchev–Trinajstić information content (AvgIpc) is 2.27. The number of benzene rings is 1. The van der Waals surface area contributed by atoms with E-state index in [0.29, 0.717) is 6.29 Å². The van der Waals surface area contributed by atoms with E-state index in [1.807, 2.05) is 0 Å². The van der Waals surface area contributed by atoms with Crippen LogP contribution in [-0.2, 0) is 0 Å². The van der Waals surface area contributed by atoms with Gasteiger partial charge in [0.2, 0.25) is 0 Å². The van der Waals surface area contributed by atoms with Crippen molar-refractivity contribution in [2.75, 3.05) is 5.33 Å². The van der Waals surface area contributed by atoms with E-state index in [-0.39, 0.29) is 22.0 Å². The molecule has 1 aromatic rings. The molecule has 0 unspecified atom stereocenters. The van der Waals surface area contributed by atoms with Crippen molar-refractivity contribution in [2.24, 2.45) is 0 Å². The van der Waals surface area contributed by atoms with Gasteiger partial charge in [0, 0.05) is 5.56 Å². The zero-order chi connectivity index (χ0) is 11.4. The fourth-order valence-electron chi connectivity index (χ4n) is 1.10. The molecule has 0 saturated carbocycles. The highest BCUT2D eigenvalue weighted by atomic mass is 79.9. The largest absolute Gasteiger partial charge is 0.298 e. The Bertz CT molecular complexity index is 465. The molecule has 0 radical (unpaired) electrons. The maximum atomic E-state index is 13.4. The minimum Gasteiger partial charge on any atom is -0.298 e. The maximum Gasteiger partial charge on any atom is 0.174 e. The molecule has 0 aliphatic heterocycles. The fraction of sp³-hybridized carbons (Fsp3) is 0.100. The van der Waals surface area contributed by atoms with E-state index >= 15 is 0 Å². The van der Waals surface area contributed by atoms with Gasteiger partial charge in [-0.1, -0.05) is 15.9 Å². The molecule has 0 saturated heterocycles. The lowest BCUT2D eigenvalue weighted by Gasteiger charge is -2.03. The van der Waals surface area contributed by atoms with Crippen molar-refractivity contribution in [3.63, 3.8) is 0 Å². The minimum atomic E-state index is -0.945. The summed E-state index contributed by atoms with van der Waals surface area (Å²) >= 11 is 2.92. The first-order valence-electron chi connectivity index (χ1n) is 3.92. The molecule has 0 fully saturated rings. The summed E-state index contributed by atoms with van der Waals surface area (Å²) in [5, 5.41) is 8.69. The van der Waals surface area contributed by atoms with E-state index in [1.54, 1.807) is 6.07 Å². The van der Waals surface area contributed by atoms with Crippen molar-refractivity contribution in [2.45, 2.75) is 0 Å². The summed E-state index contributed by atoms with van der Waals surface area (Å²) in [4.78, 5) is 21.7. The molecule has 1 rings (SSSR count). The number of rotatable bonds is 3. The normalized spacial score (nSPS) is 9.40. The smallest absolute Gasteiger partial charge is 0.174 e. The molecule has 0 N–H and O–H groups in total. The summed E-state index contributed by atoms with van der Waals surface area (Å²) in [6, 6.07) is 4.03. The first kappa shape index (κ1) is 11.5. The van der Waals surface area contributed by atoms with Crippen LogP contribution in [0.1, 0.15) is 26.3 Å². The molecule has 15 heavy (non-hydrogen) atoms. The van der Waals surface area contributed by atoms with E-state index in [0.717, 1.165) is 0 Å². The van der Waals surface area contributed by atoms with Crippen molar-refractivity contribution in [3.8, 4) is 6.07 Å². The van der Waals surface area contributed by atoms with Crippen LogP contribution in [0.25, 0.3) is 0 Å². The molecular weight excluding hydrogens is 265 g/mol. The van der Waals surface area contributed by atoms with Crippen LogP contribution in [-0.4, -0.2) is 17.4 Å². The van der Waals surface area contributed by atoms with E-state index in [2.05, 4.69) is 15.9 Å². The van der Waals surface area contributed by atoms with Crippen molar-refractivity contribution < 1.29 is 14.0 Å². The van der Waals surface area contributed by atoms with E-state index in [4.69, 9.17) is 5.26 Å². The highest BCUT2D eigenvalue weighted by Gasteiger charge is 2.16. The zero-order valence-corrected chi connectivity index (χ0v) is 9.04. The van der Waals surface area contributed by atoms with Crippen molar-refractivity contribution in [1.29, 1.82) is 5.26 Å². The Labute approximate surface area is 93.6 Å². The van der Waals surface area contributed by atoms with Gasteiger partial charge >= 0.3 is 0 Å². The Hall–Kier alpha value is -1.54. The molecule has 0 heterocycles. The number of nitrogens with zero attached hydrogens (tertiary/aromatic N) is 1. The number of hydrogen-bond acceptors (Lipinski definition) is 3. The average molecular weight is 270 g/mol. The fourth-order valence-corrected chi connectivity index (χ4v) is 1.40. The lowest BCUT2D eigenvalue weighted by molar-refractivity contribution is 0.102. The summed E-state index contributed by atoms with van der Waals surface area (Å²) in [5.41, 5.74) is -0.626. The number of carbonyl (C=O) groups excluding carboxylic acids is 2. The highest BCUT2D eigenvalue weighted by molar-refractivity contribution is 9.09. The Morgan fingerprint density at radius 1 is 1.60 bits per heavy atom. The minimum absolute atomic E-state index is 0.00154. The molecule has 0 atom stereocenters. The van der Waals surface area contributed by atoms with Gasteiger partial charge in [0.05, 0.1) is 16.5 Å². The predicted molar refractivity (Wildman–Crippen MR) is 54.6 cm³/mol. The third-order valence-corrected chi connectivity index (χ3v) is 2.34. The van der Waals surface area contributed by atoms with Crippen LogP contribution in [0, 0.1) is 17.1 Å². The number of carbonyl (C=O) groups is 2. The third kappa shape index (κ3) is 2.10. The Morgan fingerprint density at radius 2 is 2.27 bits per heavy atom. The van der Waals surface area contributed by atoms with Gasteiger partial charge < -0.3 is 0 Å². The number of Topliss-reactive ketones (excluding diaryl/α,β-unsaturated/α-hetero) is 1. The van der Waals surface area contributed by atoms with Crippen LogP contribution < -0.4 is 0 Å². The van der Waals surface area contributed by atoms with Crippen LogP contribution in [0.15, 0.2) is 12.1 Å². The van der Waals surface area contributed by atoms with Crippen molar-refractivity contribution in [1.82, 2.24) is 0 Å². The van der Waals surface area contributed by atoms with Crippen LogP contribution in [0.4, 0.5) is 4.39 Å². The first-order chi connectivity index (χ1) is 7.15. The van der Waals surface area contributed by atoms with Crippen LogP contribution in [0.5, 0.6) is 0 Å². The van der Waals surface area contributed by atoms with Gasteiger partial charge in [-0.15, -0.1) is 0 Å². The molecule has 0 spiro atoms. The molecule has 0 aromatic heterocycles. The number of nitriles is 1. The second kappa shape index (κ2) is 4.80. The lowest BCUT2D eigenvalue weighted by Crippen LogP contribution is -2.06. The van der Waals surface area contributed by atoms with Gasteiger partial charge in [0.1, 0.15) is 6.07 Å². The third-order valence-electron chi connectivity index (χ3n) is 1.83. The summed E-state index contributed by atoms with van der Waals surface area (Å²) in [6.45, 7) is 0. The van der Waals surface area contributed by atoms with Crippen molar-refractivity contribution in [3.05, 3.63) is 34.6 Å². The van der Waals surface area contributed by atoms with Gasteiger partial charge in [-0.25, -0.2) is 4.39 Å². The van der Waals surface area contributed by atoms with E-state index in [1.165, 1.54) is 12.1 Å². The molecule has 3 nitrogen and oxygen atoms in total. The second-order valence-electron chi connectivity index (χ2n) is 2.68. The number of hydrogen-bond donors (Lipinski definition) is 0. The quantitative estimate of drug-likeness (QED) is 0.480. The Balaban J connectivity index is 3.45. The Morgan fingerprint density at radius 3 is 2.73 bits per heavy atom. The van der Waals surface area contributed by atoms with E-state index < -0.39 is 11.6 Å². The topological polar surface area (TPSA) is 57.9 Å². The molecule has 76 valence electrons. The van der Waals surface area contributed by atoms with Gasteiger partial charge in [-0.05, 0) is 12.1 Å². The van der Waals surface area contributed by atoms with Crippen LogP contribution in [0.3, 0.4) is 0 Å². The molecule has 0 bridgehead atoms. The zero-order valence-electron chi connectivity index (χ0n) is 7.46.